The Morgan fingerprint density at radius 2 is 1.76 bits per heavy atom. The van der Waals surface area contributed by atoms with Gasteiger partial charge in [0.1, 0.15) is 6.10 Å². The maximum absolute atomic E-state index is 11.0. The summed E-state index contributed by atoms with van der Waals surface area (Å²) in [6.07, 6.45) is 0.691. The molecule has 1 N–H and O–H groups in total. The van der Waals surface area contributed by atoms with Gasteiger partial charge in [0.2, 0.25) is 0 Å². The monoisotopic (exact) mass is 396 g/mol. The van der Waals surface area contributed by atoms with Gasteiger partial charge >= 0.3 is 0 Å². The lowest BCUT2D eigenvalue weighted by atomic mass is 9.80. The molecule has 1 aliphatic heterocycles. The predicted molar refractivity (Wildman–Crippen MR) is 114 cm³/mol. The number of hydrogen-bond donors (Lipinski definition) is 1. The fourth-order valence-corrected chi connectivity index (χ4v) is 3.96. The molecule has 1 saturated heterocycles. The zero-order valence-corrected chi connectivity index (χ0v) is 17.5. The minimum Gasteiger partial charge on any atom is -0.388 e. The SMILES string of the molecule is C=C[C@@H]([C@H](C)[C@H](OCc1ccccc1)[C@H]1COC(C)(C)O1)[C@@H](O)c1ccccc1. The van der Waals surface area contributed by atoms with Crippen LogP contribution in [0, 0.1) is 11.8 Å². The minimum atomic E-state index is -0.665. The van der Waals surface area contributed by atoms with Gasteiger partial charge in [0.05, 0.1) is 25.4 Å². The van der Waals surface area contributed by atoms with Crippen LogP contribution in [0.15, 0.2) is 73.3 Å². The largest absolute Gasteiger partial charge is 0.388 e. The fraction of sp³-hybridized carbons (Fsp3) is 0.440. The molecule has 1 heterocycles. The highest BCUT2D eigenvalue weighted by Crippen LogP contribution is 2.36. The maximum Gasteiger partial charge on any atom is 0.163 e. The Hall–Kier alpha value is -1.98. The van der Waals surface area contributed by atoms with E-state index in [1.807, 2.05) is 80.6 Å². The van der Waals surface area contributed by atoms with Crippen molar-refractivity contribution in [3.8, 4) is 0 Å². The summed E-state index contributed by atoms with van der Waals surface area (Å²) in [5.74, 6) is -0.861. The second-order valence-electron chi connectivity index (χ2n) is 8.16. The lowest BCUT2D eigenvalue weighted by Gasteiger charge is -2.35. The first-order valence-corrected chi connectivity index (χ1v) is 10.2. The van der Waals surface area contributed by atoms with Crippen LogP contribution < -0.4 is 0 Å². The number of rotatable bonds is 9. The highest BCUT2D eigenvalue weighted by molar-refractivity contribution is 5.20. The summed E-state index contributed by atoms with van der Waals surface area (Å²) < 4.78 is 18.3. The second kappa shape index (κ2) is 9.68. The quantitative estimate of drug-likeness (QED) is 0.613. The standard InChI is InChI=1S/C25H32O4/c1-5-21(23(26)20-14-10-7-11-15-20)18(2)24(22-17-28-25(3,4)29-22)27-16-19-12-8-6-9-13-19/h5-15,18,21-24,26H,1,16-17H2,2-4H3/t18-,21-,22+,23-,24-/m0/s1. The van der Waals surface area contributed by atoms with Crippen molar-refractivity contribution in [2.24, 2.45) is 11.8 Å². The third-order valence-electron chi connectivity index (χ3n) is 5.59. The Morgan fingerprint density at radius 3 is 2.31 bits per heavy atom. The Morgan fingerprint density at radius 1 is 1.14 bits per heavy atom. The Kier molecular flexibility index (Phi) is 7.25. The Balaban J connectivity index is 1.80. The van der Waals surface area contributed by atoms with Gasteiger partial charge in [-0.25, -0.2) is 0 Å². The van der Waals surface area contributed by atoms with E-state index in [4.69, 9.17) is 14.2 Å². The van der Waals surface area contributed by atoms with Crippen LogP contribution in [-0.4, -0.2) is 29.7 Å². The second-order valence-corrected chi connectivity index (χ2v) is 8.16. The molecular formula is C25H32O4. The zero-order valence-electron chi connectivity index (χ0n) is 17.5. The van der Waals surface area contributed by atoms with Crippen molar-refractivity contribution in [3.05, 3.63) is 84.4 Å². The molecule has 0 saturated carbocycles. The van der Waals surface area contributed by atoms with Gasteiger partial charge < -0.3 is 19.3 Å². The number of ether oxygens (including phenoxy) is 3. The van der Waals surface area contributed by atoms with E-state index in [9.17, 15) is 5.11 Å². The third kappa shape index (κ3) is 5.55. The molecule has 1 fully saturated rings. The van der Waals surface area contributed by atoms with Crippen molar-refractivity contribution in [2.45, 2.75) is 51.5 Å². The smallest absolute Gasteiger partial charge is 0.163 e. The van der Waals surface area contributed by atoms with E-state index in [-0.39, 0.29) is 24.0 Å². The van der Waals surface area contributed by atoms with Crippen molar-refractivity contribution in [1.82, 2.24) is 0 Å². The Labute approximate surface area is 174 Å². The van der Waals surface area contributed by atoms with Crippen molar-refractivity contribution in [1.29, 1.82) is 0 Å². The molecule has 0 spiro atoms. The molecule has 3 rings (SSSR count). The summed E-state index contributed by atoms with van der Waals surface area (Å²) in [6.45, 7) is 10.8. The van der Waals surface area contributed by atoms with Gasteiger partial charge in [0, 0.05) is 5.92 Å². The first kappa shape index (κ1) is 21.7. The summed E-state index contributed by atoms with van der Waals surface area (Å²) in [5.41, 5.74) is 1.97. The van der Waals surface area contributed by atoms with Crippen LogP contribution in [-0.2, 0) is 20.8 Å². The molecule has 29 heavy (non-hydrogen) atoms. The molecule has 0 aromatic heterocycles. The van der Waals surface area contributed by atoms with Gasteiger partial charge in [-0.2, -0.15) is 0 Å². The van der Waals surface area contributed by atoms with Crippen molar-refractivity contribution in [2.75, 3.05) is 6.61 Å². The average Bonchev–Trinajstić information content (AvgIpc) is 3.09. The van der Waals surface area contributed by atoms with E-state index in [1.165, 1.54) is 0 Å². The lowest BCUT2D eigenvalue weighted by Crippen LogP contribution is -2.41. The lowest BCUT2D eigenvalue weighted by molar-refractivity contribution is -0.167. The number of aliphatic hydroxyl groups excluding tert-OH is 1. The highest BCUT2D eigenvalue weighted by Gasteiger charge is 2.42. The molecule has 0 aliphatic carbocycles. The number of aliphatic hydroxyl groups is 1. The van der Waals surface area contributed by atoms with E-state index >= 15 is 0 Å². The molecule has 0 bridgehead atoms. The summed E-state index contributed by atoms with van der Waals surface area (Å²) in [4.78, 5) is 0. The van der Waals surface area contributed by atoms with Crippen molar-refractivity contribution < 1.29 is 19.3 Å². The van der Waals surface area contributed by atoms with Crippen molar-refractivity contribution >= 4 is 0 Å². The van der Waals surface area contributed by atoms with E-state index < -0.39 is 11.9 Å². The van der Waals surface area contributed by atoms with Gasteiger partial charge in [-0.05, 0) is 30.9 Å². The molecule has 0 radical (unpaired) electrons. The molecule has 156 valence electrons. The first-order valence-electron chi connectivity index (χ1n) is 10.2. The van der Waals surface area contributed by atoms with Gasteiger partial charge in [-0.3, -0.25) is 0 Å². The average molecular weight is 397 g/mol. The summed E-state index contributed by atoms with van der Waals surface area (Å²) in [5, 5.41) is 11.0. The van der Waals surface area contributed by atoms with Crippen LogP contribution in [0.3, 0.4) is 0 Å². The predicted octanol–water partition coefficient (Wildman–Crippen LogP) is 4.90. The maximum atomic E-state index is 11.0. The summed E-state index contributed by atoms with van der Waals surface area (Å²) >= 11 is 0. The summed E-state index contributed by atoms with van der Waals surface area (Å²) in [6, 6.07) is 19.8. The minimum absolute atomic E-state index is 0.0334. The topological polar surface area (TPSA) is 47.9 Å². The molecule has 1 aliphatic rings. The summed E-state index contributed by atoms with van der Waals surface area (Å²) in [7, 11) is 0. The third-order valence-corrected chi connectivity index (χ3v) is 5.59. The zero-order chi connectivity index (χ0) is 20.9. The molecule has 2 aromatic carbocycles. The van der Waals surface area contributed by atoms with Crippen molar-refractivity contribution in [3.63, 3.8) is 0 Å². The molecule has 4 nitrogen and oxygen atoms in total. The number of hydrogen-bond acceptors (Lipinski definition) is 4. The normalized spacial score (nSPS) is 22.6. The Bertz CT molecular complexity index is 759. The van der Waals surface area contributed by atoms with Gasteiger partial charge in [0.25, 0.3) is 0 Å². The molecule has 5 atom stereocenters. The van der Waals surface area contributed by atoms with Gasteiger partial charge in [-0.15, -0.1) is 6.58 Å². The van der Waals surface area contributed by atoms with E-state index in [1.54, 1.807) is 0 Å². The molecular weight excluding hydrogens is 364 g/mol. The molecule has 2 aromatic rings. The molecule has 0 unspecified atom stereocenters. The van der Waals surface area contributed by atoms with Gasteiger partial charge in [0.15, 0.2) is 5.79 Å². The number of benzene rings is 2. The van der Waals surface area contributed by atoms with E-state index in [2.05, 4.69) is 13.5 Å². The van der Waals surface area contributed by atoms with Gasteiger partial charge in [-0.1, -0.05) is 73.7 Å². The van der Waals surface area contributed by atoms with Crippen LogP contribution >= 0.6 is 0 Å². The van der Waals surface area contributed by atoms with Crippen LogP contribution in [0.25, 0.3) is 0 Å². The first-order chi connectivity index (χ1) is 13.9. The fourth-order valence-electron chi connectivity index (χ4n) is 3.96. The van der Waals surface area contributed by atoms with Crippen LogP contribution in [0.1, 0.15) is 38.0 Å². The van der Waals surface area contributed by atoms with E-state index in [0.29, 0.717) is 13.2 Å². The molecule has 4 heteroatoms. The highest BCUT2D eigenvalue weighted by atomic mass is 16.7. The van der Waals surface area contributed by atoms with Crippen LogP contribution in [0.5, 0.6) is 0 Å². The van der Waals surface area contributed by atoms with Crippen LogP contribution in [0.2, 0.25) is 0 Å². The van der Waals surface area contributed by atoms with E-state index in [0.717, 1.165) is 11.1 Å². The molecule has 0 amide bonds. The van der Waals surface area contributed by atoms with Crippen LogP contribution in [0.4, 0.5) is 0 Å².